The van der Waals surface area contributed by atoms with E-state index in [0.717, 1.165) is 23.9 Å². The van der Waals surface area contributed by atoms with Crippen LogP contribution in [-0.2, 0) is 4.79 Å². The summed E-state index contributed by atoms with van der Waals surface area (Å²) in [5.74, 6) is 0.0655. The number of benzene rings is 2. The maximum absolute atomic E-state index is 12.1. The maximum atomic E-state index is 12.1. The molecule has 3 aromatic rings. The SMILES string of the molecule is CCCCOc1c(OC)cc(/C=N\NC(=O)CSc2nc3ccccc3[nH]2)cc1[N+](=O)[O-]. The number of hydrogen-bond donors (Lipinski definition) is 2. The Hall–Kier alpha value is -3.60. The molecule has 1 heterocycles. The third-order valence-corrected chi connectivity index (χ3v) is 5.20. The Balaban J connectivity index is 1.62. The molecule has 168 valence electrons. The number of nitrogens with zero attached hydrogens (tertiary/aromatic N) is 3. The number of aromatic amines is 1. The number of nitro groups is 1. The fraction of sp³-hybridized carbons (Fsp3) is 0.286. The first-order valence-corrected chi connectivity index (χ1v) is 10.9. The number of hydrogen-bond acceptors (Lipinski definition) is 8. The van der Waals surface area contributed by atoms with Crippen LogP contribution in [0, 0.1) is 10.1 Å². The summed E-state index contributed by atoms with van der Waals surface area (Å²) in [5, 5.41) is 16.0. The lowest BCUT2D eigenvalue weighted by Gasteiger charge is -2.11. The van der Waals surface area contributed by atoms with Crippen LogP contribution in [0.15, 0.2) is 46.7 Å². The van der Waals surface area contributed by atoms with Gasteiger partial charge in [0.05, 0.1) is 41.6 Å². The molecule has 0 bridgehead atoms. The van der Waals surface area contributed by atoms with Gasteiger partial charge in [-0.1, -0.05) is 37.2 Å². The van der Waals surface area contributed by atoms with Gasteiger partial charge in [0, 0.05) is 11.6 Å². The highest BCUT2D eigenvalue weighted by Gasteiger charge is 2.22. The lowest BCUT2D eigenvalue weighted by atomic mass is 10.2. The minimum absolute atomic E-state index is 0.0781. The molecule has 0 spiro atoms. The van der Waals surface area contributed by atoms with Crippen LogP contribution in [0.5, 0.6) is 11.5 Å². The van der Waals surface area contributed by atoms with E-state index in [2.05, 4.69) is 20.5 Å². The van der Waals surface area contributed by atoms with Crippen molar-refractivity contribution in [3.8, 4) is 11.5 Å². The van der Waals surface area contributed by atoms with Crippen molar-refractivity contribution < 1.29 is 19.2 Å². The van der Waals surface area contributed by atoms with Crippen LogP contribution in [-0.4, -0.2) is 46.5 Å². The lowest BCUT2D eigenvalue weighted by molar-refractivity contribution is -0.386. The van der Waals surface area contributed by atoms with Crippen molar-refractivity contribution in [3.63, 3.8) is 0 Å². The number of amides is 1. The number of carbonyl (C=O) groups excluding carboxylic acids is 1. The van der Waals surface area contributed by atoms with Crippen LogP contribution in [0.25, 0.3) is 11.0 Å². The molecular weight excluding hydrogens is 434 g/mol. The van der Waals surface area contributed by atoms with Gasteiger partial charge in [-0.15, -0.1) is 0 Å². The molecule has 10 nitrogen and oxygen atoms in total. The van der Waals surface area contributed by atoms with Crippen molar-refractivity contribution in [2.75, 3.05) is 19.5 Å². The fourth-order valence-corrected chi connectivity index (χ4v) is 3.45. The molecule has 11 heteroatoms. The zero-order chi connectivity index (χ0) is 22.9. The standard InChI is InChI=1S/C21H23N5O5S/c1-3-4-9-31-20-17(26(28)29)10-14(11-18(20)30-2)12-22-25-19(27)13-32-21-23-15-7-5-6-8-16(15)24-21/h5-8,10-12H,3-4,9,13H2,1-2H3,(H,23,24)(H,25,27)/b22-12-. The van der Waals surface area contributed by atoms with E-state index >= 15 is 0 Å². The largest absolute Gasteiger partial charge is 0.493 e. The Labute approximate surface area is 188 Å². The van der Waals surface area contributed by atoms with Crippen molar-refractivity contribution in [2.24, 2.45) is 5.10 Å². The number of aromatic nitrogens is 2. The number of thioether (sulfide) groups is 1. The molecule has 0 saturated carbocycles. The van der Waals surface area contributed by atoms with E-state index in [1.807, 2.05) is 31.2 Å². The molecule has 0 radical (unpaired) electrons. The first kappa shape index (κ1) is 23.1. The maximum Gasteiger partial charge on any atom is 0.315 e. The fourth-order valence-electron chi connectivity index (χ4n) is 2.78. The van der Waals surface area contributed by atoms with Crippen LogP contribution in [0.2, 0.25) is 0 Å². The predicted molar refractivity (Wildman–Crippen MR) is 123 cm³/mol. The number of nitro benzene ring substituents is 1. The number of fused-ring (bicyclic) bond motifs is 1. The number of ether oxygens (including phenoxy) is 2. The third kappa shape index (κ3) is 5.97. The molecule has 32 heavy (non-hydrogen) atoms. The summed E-state index contributed by atoms with van der Waals surface area (Å²) in [5.41, 5.74) is 4.29. The van der Waals surface area contributed by atoms with Gasteiger partial charge in [0.25, 0.3) is 5.91 Å². The minimum atomic E-state index is -0.538. The number of unbranched alkanes of at least 4 members (excludes halogenated alkanes) is 1. The number of H-pyrrole nitrogens is 1. The zero-order valence-electron chi connectivity index (χ0n) is 17.7. The molecule has 0 unspecified atom stereocenters. The molecule has 1 amide bonds. The molecule has 3 rings (SSSR count). The van der Waals surface area contributed by atoms with Gasteiger partial charge in [-0.3, -0.25) is 14.9 Å². The number of imidazole rings is 1. The molecule has 0 fully saturated rings. The molecule has 2 aromatic carbocycles. The average Bonchev–Trinajstić information content (AvgIpc) is 3.21. The number of rotatable bonds is 11. The van der Waals surface area contributed by atoms with Gasteiger partial charge < -0.3 is 14.5 Å². The van der Waals surface area contributed by atoms with Gasteiger partial charge in [0.15, 0.2) is 10.9 Å². The number of para-hydroxylation sites is 2. The summed E-state index contributed by atoms with van der Waals surface area (Å²) in [6.07, 6.45) is 2.98. The number of nitrogens with one attached hydrogen (secondary N) is 2. The Morgan fingerprint density at radius 1 is 1.38 bits per heavy atom. The molecular formula is C21H23N5O5S. The summed E-state index contributed by atoms with van der Waals surface area (Å²) >= 11 is 1.25. The molecule has 0 aliphatic rings. The molecule has 1 aromatic heterocycles. The summed E-state index contributed by atoms with van der Waals surface area (Å²) in [4.78, 5) is 30.5. The summed E-state index contributed by atoms with van der Waals surface area (Å²) in [6, 6.07) is 10.5. The van der Waals surface area contributed by atoms with Gasteiger partial charge >= 0.3 is 5.69 Å². The smallest absolute Gasteiger partial charge is 0.315 e. The van der Waals surface area contributed by atoms with Crippen molar-refractivity contribution in [1.29, 1.82) is 0 Å². The van der Waals surface area contributed by atoms with Gasteiger partial charge in [-0.2, -0.15) is 5.10 Å². The van der Waals surface area contributed by atoms with Crippen LogP contribution in [0.4, 0.5) is 5.69 Å². The highest BCUT2D eigenvalue weighted by Crippen LogP contribution is 2.38. The Morgan fingerprint density at radius 2 is 2.19 bits per heavy atom. The Morgan fingerprint density at radius 3 is 2.91 bits per heavy atom. The zero-order valence-corrected chi connectivity index (χ0v) is 18.5. The second-order valence-corrected chi connectivity index (χ2v) is 7.64. The van der Waals surface area contributed by atoms with Crippen molar-refractivity contribution in [3.05, 3.63) is 52.1 Å². The van der Waals surface area contributed by atoms with E-state index in [1.165, 1.54) is 31.2 Å². The molecule has 0 aliphatic heterocycles. The molecule has 0 atom stereocenters. The average molecular weight is 458 g/mol. The first-order valence-electron chi connectivity index (χ1n) is 9.90. The highest BCUT2D eigenvalue weighted by atomic mass is 32.2. The van der Waals surface area contributed by atoms with Crippen LogP contribution < -0.4 is 14.9 Å². The van der Waals surface area contributed by atoms with Gasteiger partial charge in [-0.25, -0.2) is 10.4 Å². The predicted octanol–water partition coefficient (Wildman–Crippen LogP) is 3.90. The van der Waals surface area contributed by atoms with Crippen LogP contribution in [0.1, 0.15) is 25.3 Å². The van der Waals surface area contributed by atoms with E-state index in [0.29, 0.717) is 17.3 Å². The molecule has 0 aliphatic carbocycles. The summed E-state index contributed by atoms with van der Waals surface area (Å²) in [6.45, 7) is 2.35. The summed E-state index contributed by atoms with van der Waals surface area (Å²) < 4.78 is 10.8. The van der Waals surface area contributed by atoms with Crippen LogP contribution in [0.3, 0.4) is 0 Å². The topological polar surface area (TPSA) is 132 Å². The summed E-state index contributed by atoms with van der Waals surface area (Å²) in [7, 11) is 1.41. The normalized spacial score (nSPS) is 11.1. The minimum Gasteiger partial charge on any atom is -0.493 e. The third-order valence-electron chi connectivity index (χ3n) is 4.33. The van der Waals surface area contributed by atoms with E-state index in [4.69, 9.17) is 9.47 Å². The molecule has 2 N–H and O–H groups in total. The number of hydrazone groups is 1. The van der Waals surface area contributed by atoms with E-state index in [-0.39, 0.29) is 28.8 Å². The first-order chi connectivity index (χ1) is 15.5. The van der Waals surface area contributed by atoms with Gasteiger partial charge in [-0.05, 0) is 24.6 Å². The second-order valence-electron chi connectivity index (χ2n) is 6.67. The monoisotopic (exact) mass is 457 g/mol. The number of methoxy groups -OCH3 is 1. The quantitative estimate of drug-likeness (QED) is 0.147. The number of carbonyl (C=O) groups is 1. The van der Waals surface area contributed by atoms with Crippen LogP contribution >= 0.6 is 11.8 Å². The van der Waals surface area contributed by atoms with E-state index in [9.17, 15) is 14.9 Å². The molecule has 0 saturated heterocycles. The Bertz CT molecular complexity index is 1100. The second kappa shape index (κ2) is 11.1. The van der Waals surface area contributed by atoms with Crippen molar-refractivity contribution in [1.82, 2.24) is 15.4 Å². The van der Waals surface area contributed by atoms with Gasteiger partial charge in [0.1, 0.15) is 0 Å². The highest BCUT2D eigenvalue weighted by molar-refractivity contribution is 7.99. The Kier molecular flexibility index (Phi) is 8.03. The van der Waals surface area contributed by atoms with E-state index in [1.54, 1.807) is 6.07 Å². The van der Waals surface area contributed by atoms with E-state index < -0.39 is 4.92 Å². The van der Waals surface area contributed by atoms with Gasteiger partial charge in [0.2, 0.25) is 5.75 Å². The van der Waals surface area contributed by atoms with Crippen molar-refractivity contribution in [2.45, 2.75) is 24.9 Å². The lowest BCUT2D eigenvalue weighted by Crippen LogP contribution is -2.19. The van der Waals surface area contributed by atoms with Crippen molar-refractivity contribution >= 4 is 40.6 Å².